The summed E-state index contributed by atoms with van der Waals surface area (Å²) in [5, 5.41) is 0. The van der Waals surface area contributed by atoms with Gasteiger partial charge in [0.05, 0.1) is 0 Å². The number of hydrogen-bond donors (Lipinski definition) is 0. The molecular weight excluding hydrogens is 134 g/mol. The summed E-state index contributed by atoms with van der Waals surface area (Å²) in [4.78, 5) is 2.54. The van der Waals surface area contributed by atoms with E-state index in [-0.39, 0.29) is 0 Å². The minimum atomic E-state index is 0.954. The first-order chi connectivity index (χ1) is 5.33. The fourth-order valence-electron chi connectivity index (χ4n) is 1.56. The van der Waals surface area contributed by atoms with E-state index in [4.69, 9.17) is 0 Å². The average Bonchev–Trinajstić information content (AvgIpc) is 2.04. The number of hydrogen-bond acceptors (Lipinski definition) is 1. The molecule has 0 bridgehead atoms. The SMILES string of the molecule is C=CCCN1CCC(C)CC1. The number of rotatable bonds is 3. The van der Waals surface area contributed by atoms with Gasteiger partial charge in [-0.15, -0.1) is 6.58 Å². The fourth-order valence-corrected chi connectivity index (χ4v) is 1.56. The van der Waals surface area contributed by atoms with Crippen LogP contribution in [0.1, 0.15) is 26.2 Å². The Morgan fingerprint density at radius 3 is 2.64 bits per heavy atom. The van der Waals surface area contributed by atoms with Gasteiger partial charge in [0.1, 0.15) is 0 Å². The van der Waals surface area contributed by atoms with E-state index in [0.717, 1.165) is 12.3 Å². The Kier molecular flexibility index (Phi) is 3.64. The summed E-state index contributed by atoms with van der Waals surface area (Å²) >= 11 is 0. The maximum Gasteiger partial charge on any atom is 0.00158 e. The van der Waals surface area contributed by atoms with Crippen LogP contribution in [0.2, 0.25) is 0 Å². The van der Waals surface area contributed by atoms with Crippen LogP contribution in [-0.2, 0) is 0 Å². The van der Waals surface area contributed by atoms with Gasteiger partial charge in [0.25, 0.3) is 0 Å². The summed E-state index contributed by atoms with van der Waals surface area (Å²) < 4.78 is 0. The molecule has 0 aromatic rings. The molecule has 1 saturated heterocycles. The van der Waals surface area contributed by atoms with E-state index in [1.54, 1.807) is 0 Å². The lowest BCUT2D eigenvalue weighted by molar-refractivity contribution is 0.195. The summed E-state index contributed by atoms with van der Waals surface area (Å²) in [5.41, 5.74) is 0. The van der Waals surface area contributed by atoms with E-state index in [9.17, 15) is 0 Å². The first-order valence-corrected chi connectivity index (χ1v) is 4.66. The number of nitrogens with zero attached hydrogens (tertiary/aromatic N) is 1. The van der Waals surface area contributed by atoms with Crippen molar-refractivity contribution in [1.29, 1.82) is 0 Å². The van der Waals surface area contributed by atoms with E-state index in [1.165, 1.54) is 32.5 Å². The zero-order valence-electron chi connectivity index (χ0n) is 7.55. The van der Waals surface area contributed by atoms with E-state index in [1.807, 2.05) is 6.08 Å². The van der Waals surface area contributed by atoms with Gasteiger partial charge in [0, 0.05) is 6.54 Å². The van der Waals surface area contributed by atoms with Crippen molar-refractivity contribution in [2.24, 2.45) is 5.92 Å². The summed E-state index contributed by atoms with van der Waals surface area (Å²) in [6.07, 6.45) is 5.93. The fraction of sp³-hybridized carbons (Fsp3) is 0.800. The molecular formula is C10H19N. The van der Waals surface area contributed by atoms with Crippen molar-refractivity contribution in [2.75, 3.05) is 19.6 Å². The molecule has 1 nitrogen and oxygen atoms in total. The van der Waals surface area contributed by atoms with Crippen molar-refractivity contribution in [3.05, 3.63) is 12.7 Å². The lowest BCUT2D eigenvalue weighted by Crippen LogP contribution is -2.33. The molecule has 0 aromatic heterocycles. The minimum absolute atomic E-state index is 0.954. The molecule has 0 atom stereocenters. The van der Waals surface area contributed by atoms with E-state index in [0.29, 0.717) is 0 Å². The van der Waals surface area contributed by atoms with Crippen LogP contribution in [0.15, 0.2) is 12.7 Å². The van der Waals surface area contributed by atoms with E-state index < -0.39 is 0 Å². The second-order valence-electron chi connectivity index (χ2n) is 3.60. The van der Waals surface area contributed by atoms with Crippen molar-refractivity contribution in [1.82, 2.24) is 4.90 Å². The highest BCUT2D eigenvalue weighted by Crippen LogP contribution is 2.15. The maximum absolute atomic E-state index is 3.73. The summed E-state index contributed by atoms with van der Waals surface area (Å²) in [7, 11) is 0. The number of piperidine rings is 1. The Balaban J connectivity index is 2.12. The normalized spacial score (nSPS) is 21.9. The molecule has 0 saturated carbocycles. The third kappa shape index (κ3) is 3.06. The molecule has 0 aliphatic carbocycles. The average molecular weight is 153 g/mol. The highest BCUT2D eigenvalue weighted by atomic mass is 15.1. The van der Waals surface area contributed by atoms with Crippen LogP contribution in [0, 0.1) is 5.92 Å². The molecule has 0 unspecified atom stereocenters. The van der Waals surface area contributed by atoms with E-state index >= 15 is 0 Å². The molecule has 0 spiro atoms. The second kappa shape index (κ2) is 4.55. The van der Waals surface area contributed by atoms with Crippen molar-refractivity contribution in [3.63, 3.8) is 0 Å². The van der Waals surface area contributed by atoms with Crippen LogP contribution in [0.25, 0.3) is 0 Å². The Hall–Kier alpha value is -0.300. The van der Waals surface area contributed by atoms with Gasteiger partial charge < -0.3 is 4.90 Å². The van der Waals surface area contributed by atoms with Gasteiger partial charge in [-0.1, -0.05) is 13.0 Å². The van der Waals surface area contributed by atoms with Crippen LogP contribution in [0.4, 0.5) is 0 Å². The quantitative estimate of drug-likeness (QED) is 0.562. The van der Waals surface area contributed by atoms with Gasteiger partial charge in [-0.2, -0.15) is 0 Å². The van der Waals surface area contributed by atoms with Crippen molar-refractivity contribution < 1.29 is 0 Å². The molecule has 1 aliphatic heterocycles. The van der Waals surface area contributed by atoms with Crippen LogP contribution < -0.4 is 0 Å². The van der Waals surface area contributed by atoms with Crippen molar-refractivity contribution in [2.45, 2.75) is 26.2 Å². The zero-order chi connectivity index (χ0) is 8.10. The largest absolute Gasteiger partial charge is 0.303 e. The van der Waals surface area contributed by atoms with Crippen LogP contribution in [0.3, 0.4) is 0 Å². The monoisotopic (exact) mass is 153 g/mol. The molecule has 1 heterocycles. The molecule has 1 aliphatic rings. The predicted molar refractivity (Wildman–Crippen MR) is 49.7 cm³/mol. The topological polar surface area (TPSA) is 3.24 Å². The highest BCUT2D eigenvalue weighted by Gasteiger charge is 2.13. The predicted octanol–water partition coefficient (Wildman–Crippen LogP) is 2.29. The number of likely N-dealkylation sites (tertiary alicyclic amines) is 1. The highest BCUT2D eigenvalue weighted by molar-refractivity contribution is 4.73. The molecule has 0 amide bonds. The maximum atomic E-state index is 3.73. The third-order valence-corrected chi connectivity index (χ3v) is 2.53. The molecule has 11 heavy (non-hydrogen) atoms. The smallest absolute Gasteiger partial charge is 0.00158 e. The molecule has 1 rings (SSSR count). The Labute approximate surface area is 70.1 Å². The Morgan fingerprint density at radius 2 is 2.09 bits per heavy atom. The summed E-state index contributed by atoms with van der Waals surface area (Å²) in [5.74, 6) is 0.954. The summed E-state index contributed by atoms with van der Waals surface area (Å²) in [6.45, 7) is 9.91. The van der Waals surface area contributed by atoms with Crippen LogP contribution in [0.5, 0.6) is 0 Å². The molecule has 1 fully saturated rings. The van der Waals surface area contributed by atoms with Crippen molar-refractivity contribution in [3.8, 4) is 0 Å². The molecule has 0 radical (unpaired) electrons. The first kappa shape index (κ1) is 8.79. The van der Waals surface area contributed by atoms with Gasteiger partial charge in [0.15, 0.2) is 0 Å². The molecule has 1 heteroatoms. The molecule has 0 N–H and O–H groups in total. The lowest BCUT2D eigenvalue weighted by atomic mass is 9.99. The Morgan fingerprint density at radius 1 is 1.45 bits per heavy atom. The van der Waals surface area contributed by atoms with E-state index in [2.05, 4.69) is 18.4 Å². The van der Waals surface area contributed by atoms with Gasteiger partial charge >= 0.3 is 0 Å². The standard InChI is InChI=1S/C10H19N/c1-3-4-7-11-8-5-10(2)6-9-11/h3,10H,1,4-9H2,2H3. The molecule has 64 valence electrons. The van der Waals surface area contributed by atoms with Gasteiger partial charge in [-0.3, -0.25) is 0 Å². The second-order valence-corrected chi connectivity index (χ2v) is 3.60. The van der Waals surface area contributed by atoms with Crippen molar-refractivity contribution >= 4 is 0 Å². The van der Waals surface area contributed by atoms with Gasteiger partial charge in [-0.05, 0) is 38.3 Å². The lowest BCUT2D eigenvalue weighted by Gasteiger charge is -2.29. The minimum Gasteiger partial charge on any atom is -0.303 e. The third-order valence-electron chi connectivity index (χ3n) is 2.53. The summed E-state index contributed by atoms with van der Waals surface area (Å²) in [6, 6.07) is 0. The van der Waals surface area contributed by atoms with Gasteiger partial charge in [0.2, 0.25) is 0 Å². The van der Waals surface area contributed by atoms with Gasteiger partial charge in [-0.25, -0.2) is 0 Å². The van der Waals surface area contributed by atoms with Crippen LogP contribution >= 0.6 is 0 Å². The zero-order valence-corrected chi connectivity index (χ0v) is 7.55. The molecule has 0 aromatic carbocycles. The van der Waals surface area contributed by atoms with Crippen LogP contribution in [-0.4, -0.2) is 24.5 Å². The first-order valence-electron chi connectivity index (χ1n) is 4.66. The Bertz CT molecular complexity index is 112.